The number of nitrogens with zero attached hydrogens (tertiary/aromatic N) is 2. The van der Waals surface area contributed by atoms with Crippen LogP contribution in [0.15, 0.2) is 45.3 Å². The molecule has 4 rings (SSSR count). The molecule has 2 saturated heterocycles. The highest BCUT2D eigenvalue weighted by atomic mass is 127. The Morgan fingerprint density at radius 1 is 1.19 bits per heavy atom. The van der Waals surface area contributed by atoms with Gasteiger partial charge in [0.1, 0.15) is 5.76 Å². The van der Waals surface area contributed by atoms with Gasteiger partial charge in [-0.1, -0.05) is 6.07 Å². The number of halogens is 1. The zero-order valence-electron chi connectivity index (χ0n) is 18.0. The number of furan rings is 1. The second kappa shape index (κ2) is 13.4. The Balaban J connectivity index is 0.00000272. The minimum absolute atomic E-state index is 0. The number of nitrogens with one attached hydrogen (secondary N) is 1. The average Bonchev–Trinajstić information content (AvgIpc) is 3.56. The number of piperidine rings is 1. The Morgan fingerprint density at radius 2 is 2.10 bits per heavy atom. The van der Waals surface area contributed by atoms with E-state index in [-0.39, 0.29) is 24.0 Å². The maximum atomic E-state index is 6.13. The summed E-state index contributed by atoms with van der Waals surface area (Å²) >= 11 is 1.80. The molecule has 1 atom stereocenters. The minimum Gasteiger partial charge on any atom is -0.469 e. The lowest BCUT2D eigenvalue weighted by molar-refractivity contribution is -0.0367. The summed E-state index contributed by atoms with van der Waals surface area (Å²) in [6.07, 6.45) is 8.60. The Kier molecular flexibility index (Phi) is 10.6. The predicted molar refractivity (Wildman–Crippen MR) is 136 cm³/mol. The Hall–Kier alpha value is -1.10. The van der Waals surface area contributed by atoms with Crippen LogP contribution in [0.4, 0.5) is 0 Å². The fraction of sp³-hybridized carbons (Fsp3) is 0.609. The second-order valence-corrected chi connectivity index (χ2v) is 8.98. The fourth-order valence-corrected chi connectivity index (χ4v) is 4.70. The van der Waals surface area contributed by atoms with E-state index in [2.05, 4.69) is 27.7 Å². The summed E-state index contributed by atoms with van der Waals surface area (Å²) < 4.78 is 17.3. The molecule has 2 aromatic heterocycles. The Morgan fingerprint density at radius 3 is 2.81 bits per heavy atom. The molecule has 0 aliphatic carbocycles. The molecule has 4 heterocycles. The predicted octanol–water partition coefficient (Wildman–Crippen LogP) is 4.35. The second-order valence-electron chi connectivity index (χ2n) is 7.95. The summed E-state index contributed by atoms with van der Waals surface area (Å²) in [5, 5.41) is 5.69. The summed E-state index contributed by atoms with van der Waals surface area (Å²) in [7, 11) is 0. The molecule has 8 heteroatoms. The number of hydrogen-bond acceptors (Lipinski definition) is 5. The zero-order chi connectivity index (χ0) is 20.4. The van der Waals surface area contributed by atoms with Gasteiger partial charge in [0.25, 0.3) is 0 Å². The van der Waals surface area contributed by atoms with Crippen LogP contribution in [0.3, 0.4) is 0 Å². The molecule has 2 aromatic rings. The summed E-state index contributed by atoms with van der Waals surface area (Å²) in [6, 6.07) is 8.24. The van der Waals surface area contributed by atoms with Crippen LogP contribution in [0.25, 0.3) is 0 Å². The van der Waals surface area contributed by atoms with E-state index in [9.17, 15) is 0 Å². The van der Waals surface area contributed by atoms with Gasteiger partial charge in [-0.3, -0.25) is 4.99 Å². The largest absolute Gasteiger partial charge is 0.469 e. The maximum Gasteiger partial charge on any atom is 0.193 e. The SMILES string of the molecule is I.c1coc(CCNC(=NCCc2cccs2)N2CCC(OCC3CCCO3)CC2)c1. The molecule has 2 aliphatic rings. The lowest BCUT2D eigenvalue weighted by Gasteiger charge is -2.34. The number of thiophene rings is 1. The van der Waals surface area contributed by atoms with Crippen molar-refractivity contribution in [2.45, 2.75) is 50.7 Å². The number of rotatable bonds is 9. The van der Waals surface area contributed by atoms with E-state index in [1.807, 2.05) is 12.1 Å². The van der Waals surface area contributed by atoms with Crippen LogP contribution in [-0.2, 0) is 22.3 Å². The van der Waals surface area contributed by atoms with Crippen molar-refractivity contribution >= 4 is 41.3 Å². The molecule has 172 valence electrons. The van der Waals surface area contributed by atoms with Crippen molar-refractivity contribution in [2.24, 2.45) is 4.99 Å². The molecule has 0 bridgehead atoms. The highest BCUT2D eigenvalue weighted by Gasteiger charge is 2.24. The van der Waals surface area contributed by atoms with E-state index in [0.717, 1.165) is 83.2 Å². The fourth-order valence-electron chi connectivity index (χ4n) is 4.00. The quantitative estimate of drug-likeness (QED) is 0.281. The summed E-state index contributed by atoms with van der Waals surface area (Å²) in [6.45, 7) is 5.21. The van der Waals surface area contributed by atoms with Crippen molar-refractivity contribution < 1.29 is 13.9 Å². The molecule has 0 spiro atoms. The van der Waals surface area contributed by atoms with Crippen molar-refractivity contribution in [1.29, 1.82) is 0 Å². The molecular formula is C23H34IN3O3S. The van der Waals surface area contributed by atoms with Crippen LogP contribution >= 0.6 is 35.3 Å². The van der Waals surface area contributed by atoms with Crippen LogP contribution in [0.5, 0.6) is 0 Å². The molecule has 2 fully saturated rings. The van der Waals surface area contributed by atoms with Crippen LogP contribution in [0, 0.1) is 0 Å². The van der Waals surface area contributed by atoms with Crippen LogP contribution < -0.4 is 5.32 Å². The summed E-state index contributed by atoms with van der Waals surface area (Å²) in [4.78, 5) is 8.68. The van der Waals surface area contributed by atoms with Gasteiger partial charge < -0.3 is 24.1 Å². The van der Waals surface area contributed by atoms with Gasteiger partial charge >= 0.3 is 0 Å². The highest BCUT2D eigenvalue weighted by Crippen LogP contribution is 2.18. The molecule has 0 radical (unpaired) electrons. The van der Waals surface area contributed by atoms with E-state index >= 15 is 0 Å². The third-order valence-electron chi connectivity index (χ3n) is 5.72. The molecule has 6 nitrogen and oxygen atoms in total. The van der Waals surface area contributed by atoms with Gasteiger partial charge in [0.15, 0.2) is 5.96 Å². The summed E-state index contributed by atoms with van der Waals surface area (Å²) in [5.41, 5.74) is 0. The van der Waals surface area contributed by atoms with Gasteiger partial charge in [-0.05, 0) is 49.3 Å². The normalized spacial score (nSPS) is 20.1. The van der Waals surface area contributed by atoms with Crippen LogP contribution in [0.1, 0.15) is 36.3 Å². The van der Waals surface area contributed by atoms with Crippen LogP contribution in [0.2, 0.25) is 0 Å². The smallest absolute Gasteiger partial charge is 0.193 e. The first kappa shape index (κ1) is 24.5. The van der Waals surface area contributed by atoms with Crippen molar-refractivity contribution in [1.82, 2.24) is 10.2 Å². The van der Waals surface area contributed by atoms with Crippen molar-refractivity contribution in [3.8, 4) is 0 Å². The van der Waals surface area contributed by atoms with E-state index in [4.69, 9.17) is 18.9 Å². The third-order valence-corrected chi connectivity index (χ3v) is 6.65. The maximum absolute atomic E-state index is 6.13. The van der Waals surface area contributed by atoms with Crippen LogP contribution in [-0.4, -0.2) is 62.5 Å². The topological polar surface area (TPSA) is 59.2 Å². The van der Waals surface area contributed by atoms with Gasteiger partial charge in [-0.25, -0.2) is 0 Å². The number of likely N-dealkylation sites (tertiary alicyclic amines) is 1. The van der Waals surface area contributed by atoms with Gasteiger partial charge in [-0.2, -0.15) is 0 Å². The lowest BCUT2D eigenvalue weighted by atomic mass is 10.1. The molecule has 2 aliphatic heterocycles. The Labute approximate surface area is 206 Å². The molecule has 31 heavy (non-hydrogen) atoms. The van der Waals surface area contributed by atoms with Gasteiger partial charge in [0.05, 0.1) is 25.1 Å². The van der Waals surface area contributed by atoms with E-state index < -0.39 is 0 Å². The average molecular weight is 560 g/mol. The molecular weight excluding hydrogens is 525 g/mol. The molecule has 0 amide bonds. The third kappa shape index (κ3) is 8.07. The van der Waals surface area contributed by atoms with E-state index in [0.29, 0.717) is 12.2 Å². The molecule has 0 saturated carbocycles. The molecule has 1 unspecified atom stereocenters. The number of hydrogen-bond donors (Lipinski definition) is 1. The molecule has 0 aromatic carbocycles. The van der Waals surface area contributed by atoms with Crippen molar-refractivity contribution in [2.75, 3.05) is 39.4 Å². The number of guanidine groups is 1. The van der Waals surface area contributed by atoms with Gasteiger partial charge in [-0.15, -0.1) is 35.3 Å². The van der Waals surface area contributed by atoms with E-state index in [1.54, 1.807) is 17.6 Å². The van der Waals surface area contributed by atoms with Gasteiger partial charge in [0, 0.05) is 50.5 Å². The number of ether oxygens (including phenoxy) is 2. The monoisotopic (exact) mass is 559 g/mol. The number of aliphatic imine (C=N–C) groups is 1. The zero-order valence-corrected chi connectivity index (χ0v) is 21.2. The Bertz CT molecular complexity index is 740. The standard InChI is InChI=1S/C23H33N3O3S.HI/c1-4-19(27-15-1)7-11-24-23(25-12-8-22-6-3-17-30-22)26-13-9-20(10-14-26)29-18-21-5-2-16-28-21;/h1,3-4,6,15,17,20-21H,2,5,7-14,16,18H2,(H,24,25);1H. The minimum atomic E-state index is 0. The van der Waals surface area contributed by atoms with Crippen molar-refractivity contribution in [3.05, 3.63) is 46.5 Å². The highest BCUT2D eigenvalue weighted by molar-refractivity contribution is 14.0. The van der Waals surface area contributed by atoms with Crippen molar-refractivity contribution in [3.63, 3.8) is 0 Å². The first-order chi connectivity index (χ1) is 14.9. The summed E-state index contributed by atoms with van der Waals surface area (Å²) in [5.74, 6) is 2.01. The van der Waals surface area contributed by atoms with Gasteiger partial charge in [0.2, 0.25) is 0 Å². The lowest BCUT2D eigenvalue weighted by Crippen LogP contribution is -2.47. The first-order valence-electron chi connectivity index (χ1n) is 11.2. The molecule has 1 N–H and O–H groups in total. The first-order valence-corrected chi connectivity index (χ1v) is 12.1. The van der Waals surface area contributed by atoms with E-state index in [1.165, 1.54) is 11.3 Å².